The number of rotatable bonds is 2. The molecule has 7 nitrogen and oxygen atoms in total. The van der Waals surface area contributed by atoms with Gasteiger partial charge < -0.3 is 14.5 Å². The number of nitrogens with one attached hydrogen (secondary N) is 1. The number of aromatic nitrogens is 4. The fraction of sp³-hybridized carbons (Fsp3) is 0.250. The van der Waals surface area contributed by atoms with Crippen LogP contribution in [0.25, 0.3) is 5.65 Å². The monoisotopic (exact) mass is 309 g/mol. The lowest BCUT2D eigenvalue weighted by Gasteiger charge is -2.15. The lowest BCUT2D eigenvalue weighted by Crippen LogP contribution is -2.21. The van der Waals surface area contributed by atoms with Crippen molar-refractivity contribution >= 4 is 11.6 Å². The standard InChI is InChI=1S/C16H15N5O2/c1-23-16-18-7-10(8-19-16)11-6-14(22)17-9-12-15(11)21-5-3-2-4-13(21)20-12/h2-5,7-8,11H,6,9H2,1H3,(H,17,22)/t11-/m1/s1. The lowest BCUT2D eigenvalue weighted by atomic mass is 9.94. The first-order valence-electron chi connectivity index (χ1n) is 7.35. The predicted molar refractivity (Wildman–Crippen MR) is 82.1 cm³/mol. The SMILES string of the molecule is COc1ncc([C@H]2CC(=O)NCc3nc4ccccn4c32)cn1. The molecule has 23 heavy (non-hydrogen) atoms. The second-order valence-corrected chi connectivity index (χ2v) is 5.41. The van der Waals surface area contributed by atoms with Gasteiger partial charge >= 0.3 is 6.01 Å². The van der Waals surface area contributed by atoms with E-state index in [1.165, 1.54) is 7.11 Å². The molecule has 1 aliphatic heterocycles. The second-order valence-electron chi connectivity index (χ2n) is 5.41. The average molecular weight is 309 g/mol. The number of hydrogen-bond acceptors (Lipinski definition) is 5. The minimum atomic E-state index is -0.143. The Balaban J connectivity index is 1.89. The zero-order chi connectivity index (χ0) is 15.8. The Morgan fingerprint density at radius 3 is 2.91 bits per heavy atom. The van der Waals surface area contributed by atoms with Crippen LogP contribution in [0.4, 0.5) is 0 Å². The van der Waals surface area contributed by atoms with Crippen molar-refractivity contribution in [3.8, 4) is 6.01 Å². The van der Waals surface area contributed by atoms with Crippen LogP contribution >= 0.6 is 0 Å². The van der Waals surface area contributed by atoms with Gasteiger partial charge in [0, 0.05) is 30.9 Å². The van der Waals surface area contributed by atoms with E-state index in [4.69, 9.17) is 4.74 Å². The molecule has 0 aromatic carbocycles. The average Bonchev–Trinajstić information content (AvgIpc) is 2.88. The molecular formula is C16H15N5O2. The number of carbonyl (C=O) groups is 1. The highest BCUT2D eigenvalue weighted by molar-refractivity contribution is 5.78. The first-order valence-corrected chi connectivity index (χ1v) is 7.35. The second kappa shape index (κ2) is 5.35. The first-order chi connectivity index (χ1) is 11.3. The van der Waals surface area contributed by atoms with E-state index < -0.39 is 0 Å². The van der Waals surface area contributed by atoms with E-state index in [1.54, 1.807) is 12.4 Å². The van der Waals surface area contributed by atoms with Crippen molar-refractivity contribution < 1.29 is 9.53 Å². The van der Waals surface area contributed by atoms with Crippen LogP contribution in [0.5, 0.6) is 6.01 Å². The Bertz CT molecular complexity index is 872. The van der Waals surface area contributed by atoms with Gasteiger partial charge in [-0.05, 0) is 17.7 Å². The molecule has 4 heterocycles. The summed E-state index contributed by atoms with van der Waals surface area (Å²) in [5.41, 5.74) is 3.62. The van der Waals surface area contributed by atoms with Crippen molar-refractivity contribution in [2.24, 2.45) is 0 Å². The number of ether oxygens (including phenoxy) is 1. The molecule has 3 aromatic rings. The molecule has 1 N–H and O–H groups in total. The molecular weight excluding hydrogens is 294 g/mol. The van der Waals surface area contributed by atoms with Gasteiger partial charge in [-0.2, -0.15) is 0 Å². The molecule has 0 unspecified atom stereocenters. The first kappa shape index (κ1) is 13.7. The van der Waals surface area contributed by atoms with Crippen LogP contribution in [-0.2, 0) is 11.3 Å². The van der Waals surface area contributed by atoms with Crippen molar-refractivity contribution in [3.05, 3.63) is 53.7 Å². The summed E-state index contributed by atoms with van der Waals surface area (Å²) in [6, 6.07) is 6.17. The third kappa shape index (κ3) is 2.30. The third-order valence-corrected chi connectivity index (χ3v) is 4.05. The van der Waals surface area contributed by atoms with E-state index in [-0.39, 0.29) is 11.8 Å². The number of nitrogens with zero attached hydrogens (tertiary/aromatic N) is 4. The van der Waals surface area contributed by atoms with Gasteiger partial charge in [-0.3, -0.25) is 4.79 Å². The van der Waals surface area contributed by atoms with Crippen LogP contribution in [0, 0.1) is 0 Å². The highest BCUT2D eigenvalue weighted by Gasteiger charge is 2.29. The lowest BCUT2D eigenvalue weighted by molar-refractivity contribution is -0.121. The van der Waals surface area contributed by atoms with E-state index in [1.807, 2.05) is 28.8 Å². The van der Waals surface area contributed by atoms with Gasteiger partial charge in [0.2, 0.25) is 5.91 Å². The maximum Gasteiger partial charge on any atom is 0.316 e. The van der Waals surface area contributed by atoms with Gasteiger partial charge in [-0.25, -0.2) is 15.0 Å². The largest absolute Gasteiger partial charge is 0.467 e. The van der Waals surface area contributed by atoms with E-state index >= 15 is 0 Å². The van der Waals surface area contributed by atoms with E-state index in [9.17, 15) is 4.79 Å². The Labute approximate surface area is 132 Å². The number of fused-ring (bicyclic) bond motifs is 3. The fourth-order valence-electron chi connectivity index (χ4n) is 2.99. The molecule has 116 valence electrons. The van der Waals surface area contributed by atoms with Gasteiger partial charge in [0.15, 0.2) is 0 Å². The van der Waals surface area contributed by atoms with Crippen LogP contribution in [0.15, 0.2) is 36.8 Å². The summed E-state index contributed by atoms with van der Waals surface area (Å²) in [6.45, 7) is 0.434. The summed E-state index contributed by atoms with van der Waals surface area (Å²) < 4.78 is 7.04. The summed E-state index contributed by atoms with van der Waals surface area (Å²) in [7, 11) is 1.52. The summed E-state index contributed by atoms with van der Waals surface area (Å²) >= 11 is 0. The molecule has 0 aliphatic carbocycles. The Kier molecular flexibility index (Phi) is 3.18. The zero-order valence-corrected chi connectivity index (χ0v) is 12.6. The molecule has 1 aliphatic rings. The number of hydrogen-bond donors (Lipinski definition) is 1. The van der Waals surface area contributed by atoms with Gasteiger partial charge in [0.1, 0.15) is 5.65 Å². The molecule has 0 saturated carbocycles. The number of carbonyl (C=O) groups excluding carboxylic acids is 1. The Morgan fingerprint density at radius 1 is 1.30 bits per heavy atom. The topological polar surface area (TPSA) is 81.4 Å². The van der Waals surface area contributed by atoms with Gasteiger partial charge in [-0.1, -0.05) is 6.07 Å². The van der Waals surface area contributed by atoms with Crippen molar-refractivity contribution in [1.29, 1.82) is 0 Å². The summed E-state index contributed by atoms with van der Waals surface area (Å²) in [5, 5.41) is 2.90. The number of amides is 1. The van der Waals surface area contributed by atoms with Crippen LogP contribution in [0.2, 0.25) is 0 Å². The highest BCUT2D eigenvalue weighted by atomic mass is 16.5. The summed E-state index contributed by atoms with van der Waals surface area (Å²) in [5.74, 6) is -0.149. The van der Waals surface area contributed by atoms with E-state index in [0.29, 0.717) is 19.0 Å². The molecule has 4 rings (SSSR count). The molecule has 7 heteroatoms. The van der Waals surface area contributed by atoms with Crippen LogP contribution in [0.1, 0.15) is 29.3 Å². The van der Waals surface area contributed by atoms with Crippen LogP contribution in [-0.4, -0.2) is 32.4 Å². The highest BCUT2D eigenvalue weighted by Crippen LogP contribution is 2.32. The minimum Gasteiger partial charge on any atom is -0.467 e. The maximum atomic E-state index is 12.1. The van der Waals surface area contributed by atoms with Gasteiger partial charge in [0.05, 0.1) is 25.0 Å². The molecule has 3 aromatic heterocycles. The molecule has 1 amide bonds. The molecule has 0 bridgehead atoms. The number of imidazole rings is 1. The normalized spacial score (nSPS) is 17.4. The smallest absolute Gasteiger partial charge is 0.316 e. The fourth-order valence-corrected chi connectivity index (χ4v) is 2.99. The van der Waals surface area contributed by atoms with E-state index in [2.05, 4.69) is 20.3 Å². The summed E-state index contributed by atoms with van der Waals surface area (Å²) in [6.07, 6.45) is 5.72. The molecule has 1 atom stereocenters. The minimum absolute atomic E-state index is 0.00602. The maximum absolute atomic E-state index is 12.1. The Hall–Kier alpha value is -2.96. The molecule has 0 saturated heterocycles. The molecule has 0 fully saturated rings. The van der Waals surface area contributed by atoms with Crippen molar-refractivity contribution in [3.63, 3.8) is 0 Å². The van der Waals surface area contributed by atoms with Crippen molar-refractivity contribution in [2.45, 2.75) is 18.9 Å². The summed E-state index contributed by atoms with van der Waals surface area (Å²) in [4.78, 5) is 25.1. The zero-order valence-electron chi connectivity index (χ0n) is 12.6. The third-order valence-electron chi connectivity index (χ3n) is 4.05. The quantitative estimate of drug-likeness (QED) is 0.771. The van der Waals surface area contributed by atoms with Crippen LogP contribution < -0.4 is 10.1 Å². The Morgan fingerprint density at radius 2 is 2.13 bits per heavy atom. The number of pyridine rings is 1. The molecule has 0 radical (unpaired) electrons. The van der Waals surface area contributed by atoms with E-state index in [0.717, 1.165) is 22.6 Å². The molecule has 0 spiro atoms. The van der Waals surface area contributed by atoms with Crippen LogP contribution in [0.3, 0.4) is 0 Å². The van der Waals surface area contributed by atoms with Crippen molar-refractivity contribution in [2.75, 3.05) is 7.11 Å². The van der Waals surface area contributed by atoms with Crippen molar-refractivity contribution in [1.82, 2.24) is 24.7 Å². The predicted octanol–water partition coefficient (Wildman–Crippen LogP) is 1.28. The van der Waals surface area contributed by atoms with Gasteiger partial charge in [0.25, 0.3) is 0 Å². The van der Waals surface area contributed by atoms with Gasteiger partial charge in [-0.15, -0.1) is 0 Å². The number of methoxy groups -OCH3 is 1.